The van der Waals surface area contributed by atoms with Gasteiger partial charge in [0.1, 0.15) is 6.10 Å². The average Bonchev–Trinajstić information content (AvgIpc) is 3.22. The highest BCUT2D eigenvalue weighted by atomic mass is 16.5. The fourth-order valence-electron chi connectivity index (χ4n) is 4.07. The lowest BCUT2D eigenvalue weighted by atomic mass is 9.91. The van der Waals surface area contributed by atoms with Crippen molar-refractivity contribution >= 4 is 28.8 Å². The van der Waals surface area contributed by atoms with E-state index in [1.165, 1.54) is 20.3 Å². The van der Waals surface area contributed by atoms with Crippen LogP contribution in [0.15, 0.2) is 42.6 Å². The highest BCUT2D eigenvalue weighted by Gasteiger charge is 2.37. The molecule has 1 aromatic heterocycles. The van der Waals surface area contributed by atoms with Gasteiger partial charge in [-0.2, -0.15) is 0 Å². The van der Waals surface area contributed by atoms with E-state index in [1.807, 2.05) is 36.1 Å². The number of aromatic nitrogens is 1. The molecule has 1 saturated heterocycles. The summed E-state index contributed by atoms with van der Waals surface area (Å²) < 4.78 is 15.4. The molecule has 0 spiro atoms. The fraction of sp³-hybridized carbons (Fsp3) is 0.435. The maximum Gasteiger partial charge on any atom is 0.340 e. The Labute approximate surface area is 181 Å². The van der Waals surface area contributed by atoms with Gasteiger partial charge in [0.25, 0.3) is 0 Å². The van der Waals surface area contributed by atoms with Crippen molar-refractivity contribution in [3.63, 3.8) is 0 Å². The van der Waals surface area contributed by atoms with E-state index in [0.29, 0.717) is 18.4 Å². The van der Waals surface area contributed by atoms with Gasteiger partial charge in [-0.25, -0.2) is 9.59 Å². The molecular weight excluding hydrogens is 400 g/mol. The summed E-state index contributed by atoms with van der Waals surface area (Å²) in [6.07, 6.45) is 6.13. The number of esters is 3. The van der Waals surface area contributed by atoms with E-state index in [-0.39, 0.29) is 30.7 Å². The second-order valence-electron chi connectivity index (χ2n) is 7.51. The molecule has 3 atom stereocenters. The Morgan fingerprint density at radius 3 is 2.65 bits per heavy atom. The number of hydrogen-bond acceptors (Lipinski definition) is 7. The van der Waals surface area contributed by atoms with Crippen molar-refractivity contribution < 1.29 is 28.6 Å². The third-order valence-electron chi connectivity index (χ3n) is 5.68. The number of ether oxygens (including phenoxy) is 3. The van der Waals surface area contributed by atoms with Gasteiger partial charge >= 0.3 is 17.9 Å². The van der Waals surface area contributed by atoms with Gasteiger partial charge in [0.2, 0.25) is 0 Å². The van der Waals surface area contributed by atoms with Crippen LogP contribution < -0.4 is 0 Å². The standard InChI is InChI=1S/C23H28N2O6/c1-4-15-11-17(31-23(28)19-13-24-20-8-6-5-7-18(19)20)12-16(9-10-21(26)29-2)25(15)14-22(27)30-3/h5-10,13,15-17,24H,4,11-12,14H2,1-3H3/b10-9+. The lowest BCUT2D eigenvalue weighted by Gasteiger charge is -2.43. The third-order valence-corrected chi connectivity index (χ3v) is 5.68. The maximum atomic E-state index is 12.9. The summed E-state index contributed by atoms with van der Waals surface area (Å²) in [5.74, 6) is -1.23. The molecule has 1 fully saturated rings. The molecular formula is C23H28N2O6. The number of H-pyrrole nitrogens is 1. The van der Waals surface area contributed by atoms with Gasteiger partial charge in [0.05, 0.1) is 26.3 Å². The monoisotopic (exact) mass is 428 g/mol. The number of piperidine rings is 1. The number of nitrogens with one attached hydrogen (secondary N) is 1. The van der Waals surface area contributed by atoms with E-state index in [4.69, 9.17) is 9.47 Å². The number of aromatic amines is 1. The smallest absolute Gasteiger partial charge is 0.340 e. The first-order valence-corrected chi connectivity index (χ1v) is 10.3. The number of hydrogen-bond donors (Lipinski definition) is 1. The molecule has 8 nitrogen and oxygen atoms in total. The van der Waals surface area contributed by atoms with Crippen LogP contribution in [0, 0.1) is 0 Å². The van der Waals surface area contributed by atoms with Gasteiger partial charge in [0, 0.05) is 48.1 Å². The number of likely N-dealkylation sites (tertiary alicyclic amines) is 1. The number of nitrogens with zero attached hydrogens (tertiary/aromatic N) is 1. The first-order chi connectivity index (χ1) is 15.0. The molecule has 0 amide bonds. The number of rotatable bonds is 7. The largest absolute Gasteiger partial charge is 0.468 e. The van der Waals surface area contributed by atoms with E-state index in [1.54, 1.807) is 12.3 Å². The summed E-state index contributed by atoms with van der Waals surface area (Å²) in [4.78, 5) is 41.5. The molecule has 2 aromatic rings. The van der Waals surface area contributed by atoms with Crippen LogP contribution in [0.1, 0.15) is 36.5 Å². The third kappa shape index (κ3) is 5.32. The zero-order valence-electron chi connectivity index (χ0n) is 18.0. The zero-order valence-corrected chi connectivity index (χ0v) is 18.0. The predicted octanol–water partition coefficient (Wildman–Crippen LogP) is 2.84. The van der Waals surface area contributed by atoms with Crippen LogP contribution in [-0.4, -0.2) is 66.7 Å². The molecule has 0 aliphatic carbocycles. The zero-order chi connectivity index (χ0) is 22.4. The van der Waals surface area contributed by atoms with E-state index in [2.05, 4.69) is 9.72 Å². The van der Waals surface area contributed by atoms with Crippen molar-refractivity contribution in [1.82, 2.24) is 9.88 Å². The Morgan fingerprint density at radius 1 is 1.16 bits per heavy atom. The SMILES string of the molecule is CCC1CC(OC(=O)c2c[nH]c3ccccc23)CC(/C=C/C(=O)OC)N1CC(=O)OC. The minimum atomic E-state index is -0.482. The summed E-state index contributed by atoms with van der Waals surface area (Å²) in [6, 6.07) is 7.25. The second-order valence-corrected chi connectivity index (χ2v) is 7.51. The quantitative estimate of drug-likeness (QED) is 0.411. The Morgan fingerprint density at radius 2 is 1.94 bits per heavy atom. The molecule has 0 radical (unpaired) electrons. The summed E-state index contributed by atoms with van der Waals surface area (Å²) in [6.45, 7) is 2.11. The van der Waals surface area contributed by atoms with Gasteiger partial charge in [0.15, 0.2) is 0 Å². The van der Waals surface area contributed by atoms with Crippen LogP contribution in [0.3, 0.4) is 0 Å². The second kappa shape index (κ2) is 10.3. The first-order valence-electron chi connectivity index (χ1n) is 10.3. The molecule has 1 aliphatic rings. The van der Waals surface area contributed by atoms with Crippen LogP contribution >= 0.6 is 0 Å². The van der Waals surface area contributed by atoms with Gasteiger partial charge in [-0.1, -0.05) is 31.2 Å². The minimum absolute atomic E-state index is 0.0130. The van der Waals surface area contributed by atoms with Crippen molar-refractivity contribution in [2.75, 3.05) is 20.8 Å². The van der Waals surface area contributed by atoms with Gasteiger partial charge in [-0.15, -0.1) is 0 Å². The summed E-state index contributed by atoms with van der Waals surface area (Å²) in [5, 5.41) is 0.810. The summed E-state index contributed by atoms with van der Waals surface area (Å²) in [7, 11) is 2.65. The van der Waals surface area contributed by atoms with Gasteiger partial charge in [-0.05, 0) is 12.5 Å². The van der Waals surface area contributed by atoms with Crippen LogP contribution in [0.5, 0.6) is 0 Å². The highest BCUT2D eigenvalue weighted by molar-refractivity contribution is 6.04. The van der Waals surface area contributed by atoms with Gasteiger partial charge < -0.3 is 19.2 Å². The van der Waals surface area contributed by atoms with Crippen molar-refractivity contribution in [3.8, 4) is 0 Å². The van der Waals surface area contributed by atoms with Crippen LogP contribution in [0.4, 0.5) is 0 Å². The predicted molar refractivity (Wildman–Crippen MR) is 114 cm³/mol. The molecule has 0 bridgehead atoms. The summed E-state index contributed by atoms with van der Waals surface area (Å²) in [5.41, 5.74) is 1.36. The fourth-order valence-corrected chi connectivity index (χ4v) is 4.07. The normalized spacial score (nSPS) is 21.8. The molecule has 3 rings (SSSR count). The molecule has 1 aliphatic heterocycles. The topological polar surface area (TPSA) is 97.9 Å². The Kier molecular flexibility index (Phi) is 7.46. The minimum Gasteiger partial charge on any atom is -0.468 e. The maximum absolute atomic E-state index is 12.9. The number of carbonyl (C=O) groups is 3. The van der Waals surface area contributed by atoms with Crippen molar-refractivity contribution in [1.29, 1.82) is 0 Å². The van der Waals surface area contributed by atoms with E-state index in [9.17, 15) is 14.4 Å². The van der Waals surface area contributed by atoms with E-state index >= 15 is 0 Å². The molecule has 1 N–H and O–H groups in total. The number of carbonyl (C=O) groups excluding carboxylic acids is 3. The first kappa shape index (κ1) is 22.6. The number of fused-ring (bicyclic) bond motifs is 1. The lowest BCUT2D eigenvalue weighted by Crippen LogP contribution is -2.52. The molecule has 2 heterocycles. The van der Waals surface area contributed by atoms with Crippen LogP contribution in [0.2, 0.25) is 0 Å². The van der Waals surface area contributed by atoms with Gasteiger partial charge in [-0.3, -0.25) is 9.69 Å². The van der Waals surface area contributed by atoms with Crippen molar-refractivity contribution in [3.05, 3.63) is 48.2 Å². The molecule has 8 heteroatoms. The Balaban J connectivity index is 1.79. The Bertz CT molecular complexity index is 966. The molecule has 0 saturated carbocycles. The number of para-hydroxylation sites is 1. The molecule has 31 heavy (non-hydrogen) atoms. The van der Waals surface area contributed by atoms with Crippen molar-refractivity contribution in [2.45, 2.75) is 44.4 Å². The molecule has 1 aromatic carbocycles. The van der Waals surface area contributed by atoms with E-state index in [0.717, 1.165) is 17.3 Å². The average molecular weight is 428 g/mol. The Hall–Kier alpha value is -3.13. The molecule has 166 valence electrons. The molecule has 3 unspecified atom stereocenters. The van der Waals surface area contributed by atoms with Crippen LogP contribution in [-0.2, 0) is 23.8 Å². The number of benzene rings is 1. The summed E-state index contributed by atoms with van der Waals surface area (Å²) >= 11 is 0. The van der Waals surface area contributed by atoms with Crippen LogP contribution in [0.25, 0.3) is 10.9 Å². The van der Waals surface area contributed by atoms with Crippen molar-refractivity contribution in [2.24, 2.45) is 0 Å². The van der Waals surface area contributed by atoms with E-state index < -0.39 is 11.9 Å². The lowest BCUT2D eigenvalue weighted by molar-refractivity contribution is -0.144. The number of methoxy groups -OCH3 is 2. The highest BCUT2D eigenvalue weighted by Crippen LogP contribution is 2.29.